The fourth-order valence-electron chi connectivity index (χ4n) is 8.16. The molecule has 5 rings (SSSR count). The van der Waals surface area contributed by atoms with Crippen LogP contribution in [0.15, 0.2) is 41.7 Å². The van der Waals surface area contributed by atoms with Crippen molar-refractivity contribution >= 4 is 50.7 Å². The van der Waals surface area contributed by atoms with Crippen LogP contribution in [0.5, 0.6) is 0 Å². The summed E-state index contributed by atoms with van der Waals surface area (Å²) in [6.45, 7) is 29.7. The van der Waals surface area contributed by atoms with E-state index in [-0.39, 0.29) is 27.1 Å². The monoisotopic (exact) mass is 742 g/mol. The Morgan fingerprint density at radius 2 is 1.47 bits per heavy atom. The quantitative estimate of drug-likeness (QED) is 0.221. The molecule has 0 N–H and O–H groups in total. The van der Waals surface area contributed by atoms with Crippen LogP contribution < -0.4 is 4.46 Å². The second kappa shape index (κ2) is 11.4. The van der Waals surface area contributed by atoms with Crippen molar-refractivity contribution in [3.8, 4) is 0 Å². The van der Waals surface area contributed by atoms with Crippen molar-refractivity contribution in [3.63, 3.8) is 0 Å². The van der Waals surface area contributed by atoms with E-state index < -0.39 is 71.8 Å². The molecular formula is C33H54O8SeSi3. The van der Waals surface area contributed by atoms with E-state index in [2.05, 4.69) is 84.9 Å². The van der Waals surface area contributed by atoms with Crippen LogP contribution in [0.2, 0.25) is 58.9 Å². The molecule has 0 aromatic heterocycles. The normalized spacial score (nSPS) is 38.0. The summed E-state index contributed by atoms with van der Waals surface area (Å²) in [7, 11) is -6.58. The molecule has 0 amide bonds. The van der Waals surface area contributed by atoms with E-state index in [1.165, 1.54) is 0 Å². The standard InChI is InChI=1S/C33H54O8SeSi3/c1-21-24-25(27(26(21)38-43(6,7)8)37-42-22-18-16-15-17-19-22)31(4,40-44(9,10)11)20-23-33(41-45(12,13)14)28(24)35-29(34)32(33,5)39-30(2,3)36-23/h15-19,23-25,27-28H,20H2,1-14H3/t23-,24+,25+,27-,28-,31-,32+,33+/m0/s1. The van der Waals surface area contributed by atoms with Crippen LogP contribution in [0.3, 0.4) is 0 Å². The minimum atomic E-state index is -2.33. The number of benzene rings is 1. The zero-order chi connectivity index (χ0) is 33.6. The maximum absolute atomic E-state index is 14.2. The van der Waals surface area contributed by atoms with Gasteiger partial charge in [-0.2, -0.15) is 0 Å². The molecule has 1 saturated carbocycles. The summed E-state index contributed by atoms with van der Waals surface area (Å²) in [5.41, 5.74) is -2.26. The van der Waals surface area contributed by atoms with Gasteiger partial charge in [-0.25, -0.2) is 0 Å². The van der Waals surface area contributed by atoms with Gasteiger partial charge < -0.3 is 0 Å². The zero-order valence-electron chi connectivity index (χ0n) is 29.7. The van der Waals surface area contributed by atoms with Crippen LogP contribution in [-0.4, -0.2) is 87.1 Å². The zero-order valence-corrected chi connectivity index (χ0v) is 34.4. The van der Waals surface area contributed by atoms with Crippen LogP contribution in [0.1, 0.15) is 41.0 Å². The number of esters is 1. The third kappa shape index (κ3) is 6.50. The Balaban J connectivity index is 1.77. The van der Waals surface area contributed by atoms with Gasteiger partial charge in [-0.1, -0.05) is 0 Å². The molecule has 8 atom stereocenters. The molecule has 252 valence electrons. The predicted octanol–water partition coefficient (Wildman–Crippen LogP) is 6.13. The Bertz CT molecular complexity index is 1340. The number of carbonyl (C=O) groups excluding carboxylic acids is 1. The number of fused-ring (bicyclic) bond motifs is 2. The molecule has 1 aromatic carbocycles. The summed E-state index contributed by atoms with van der Waals surface area (Å²) in [5, 5.41) is 0. The molecule has 12 heteroatoms. The Morgan fingerprint density at radius 3 is 2.02 bits per heavy atom. The van der Waals surface area contributed by atoms with Crippen LogP contribution >= 0.6 is 0 Å². The van der Waals surface area contributed by atoms with Gasteiger partial charge in [0, 0.05) is 0 Å². The molecule has 2 saturated heterocycles. The molecule has 3 fully saturated rings. The first-order chi connectivity index (χ1) is 20.4. The SMILES string of the molecule is CC1=C(O[Si](C)(C)C)[C@@H](O[Se]c2ccccc2)[C@H]2[C@@H]1[C@@H]1OC(=O)[C@@]3(C)OC(C)(C)O[C@@H](C[C@]2(C)O[Si](C)(C)C)[C@@]13O[Si](C)(C)C. The molecule has 8 nitrogen and oxygen atoms in total. The van der Waals surface area contributed by atoms with Crippen molar-refractivity contribution in [1.82, 2.24) is 0 Å². The Labute approximate surface area is 280 Å². The van der Waals surface area contributed by atoms with E-state index in [9.17, 15) is 4.79 Å². The summed E-state index contributed by atoms with van der Waals surface area (Å²) < 4.78 is 49.8. The van der Waals surface area contributed by atoms with Crippen molar-refractivity contribution in [3.05, 3.63) is 41.7 Å². The maximum atomic E-state index is 14.2. The molecule has 0 bridgehead atoms. The number of ether oxygens (including phenoxy) is 3. The van der Waals surface area contributed by atoms with Gasteiger partial charge in [-0.05, 0) is 0 Å². The number of carbonyl (C=O) groups is 1. The summed E-state index contributed by atoms with van der Waals surface area (Å²) in [4.78, 5) is 14.2. The molecule has 2 aliphatic carbocycles. The Hall–Kier alpha value is -0.800. The van der Waals surface area contributed by atoms with Gasteiger partial charge >= 0.3 is 281 Å². The fraction of sp³-hybridized carbons (Fsp3) is 0.727. The van der Waals surface area contributed by atoms with Crippen molar-refractivity contribution in [2.75, 3.05) is 0 Å². The van der Waals surface area contributed by atoms with Gasteiger partial charge in [0.1, 0.15) is 0 Å². The van der Waals surface area contributed by atoms with Gasteiger partial charge in [0.15, 0.2) is 0 Å². The Kier molecular flexibility index (Phi) is 8.98. The second-order valence-electron chi connectivity index (χ2n) is 16.9. The average molecular weight is 742 g/mol. The minimum absolute atomic E-state index is 0.222. The average Bonchev–Trinajstić information content (AvgIpc) is 3.19. The van der Waals surface area contributed by atoms with Gasteiger partial charge in [-0.3, -0.25) is 0 Å². The molecule has 0 spiro atoms. The number of hydrogen-bond acceptors (Lipinski definition) is 8. The first kappa shape index (κ1) is 35.5. The molecule has 0 radical (unpaired) electrons. The summed E-state index contributed by atoms with van der Waals surface area (Å²) in [6, 6.07) is 10.3. The molecule has 4 aliphatic rings. The van der Waals surface area contributed by atoms with Crippen LogP contribution in [0.25, 0.3) is 0 Å². The first-order valence-electron chi connectivity index (χ1n) is 16.2. The Morgan fingerprint density at radius 1 is 0.867 bits per heavy atom. The van der Waals surface area contributed by atoms with E-state index in [0.717, 1.165) is 15.8 Å². The van der Waals surface area contributed by atoms with Gasteiger partial charge in [0.05, 0.1) is 0 Å². The van der Waals surface area contributed by atoms with E-state index in [1.807, 2.05) is 39.0 Å². The third-order valence-electron chi connectivity index (χ3n) is 9.05. The molecule has 2 aliphatic heterocycles. The van der Waals surface area contributed by atoms with Crippen molar-refractivity contribution in [1.29, 1.82) is 0 Å². The predicted molar refractivity (Wildman–Crippen MR) is 184 cm³/mol. The molecule has 2 heterocycles. The summed E-state index contributed by atoms with van der Waals surface area (Å²) in [5.74, 6) is -1.10. The topological polar surface area (TPSA) is 81.7 Å². The van der Waals surface area contributed by atoms with Gasteiger partial charge in [0.25, 0.3) is 0 Å². The van der Waals surface area contributed by atoms with Crippen molar-refractivity contribution in [2.24, 2.45) is 11.8 Å². The third-order valence-corrected chi connectivity index (χ3v) is 13.5. The number of rotatable bonds is 9. The van der Waals surface area contributed by atoms with Crippen molar-refractivity contribution < 1.29 is 36.1 Å². The van der Waals surface area contributed by atoms with Gasteiger partial charge in [0.2, 0.25) is 0 Å². The molecule has 1 aromatic rings. The fourth-order valence-corrected chi connectivity index (χ4v) is 13.6. The van der Waals surface area contributed by atoms with Crippen LogP contribution in [0, 0.1) is 11.8 Å². The van der Waals surface area contributed by atoms with Crippen molar-refractivity contribution in [2.45, 2.75) is 141 Å². The van der Waals surface area contributed by atoms with E-state index in [0.29, 0.717) is 6.42 Å². The van der Waals surface area contributed by atoms with Crippen LogP contribution in [-0.2, 0) is 36.1 Å². The van der Waals surface area contributed by atoms with E-state index in [1.54, 1.807) is 0 Å². The first-order valence-corrected chi connectivity index (χ1v) is 28.0. The number of hydrogen-bond donors (Lipinski definition) is 0. The molecule has 45 heavy (non-hydrogen) atoms. The molecule has 0 unspecified atom stereocenters. The molecular weight excluding hydrogens is 688 g/mol. The van der Waals surface area contributed by atoms with E-state index >= 15 is 0 Å². The second-order valence-corrected chi connectivity index (χ2v) is 32.0. The van der Waals surface area contributed by atoms with Crippen LogP contribution in [0.4, 0.5) is 0 Å². The van der Waals surface area contributed by atoms with Gasteiger partial charge in [-0.15, -0.1) is 0 Å². The summed E-state index contributed by atoms with van der Waals surface area (Å²) >= 11 is -0.288. The van der Waals surface area contributed by atoms with E-state index in [4.69, 9.17) is 31.3 Å². The summed E-state index contributed by atoms with van der Waals surface area (Å²) in [6.07, 6.45) is -1.12.